The van der Waals surface area contributed by atoms with Gasteiger partial charge in [-0.15, -0.1) is 11.3 Å². The Morgan fingerprint density at radius 1 is 0.315 bits per heavy atom. The number of thiophene rings is 1. The number of rotatable bonds is 4. The van der Waals surface area contributed by atoms with Gasteiger partial charge in [0.05, 0.1) is 27.6 Å². The van der Waals surface area contributed by atoms with Crippen LogP contribution in [0.1, 0.15) is 0 Å². The Bertz CT molecular complexity index is 3380. The van der Waals surface area contributed by atoms with Gasteiger partial charge < -0.3 is 13.7 Å². The number of para-hydroxylation sites is 5. The molecule has 4 heterocycles. The Morgan fingerprint density at radius 2 is 0.815 bits per heavy atom. The highest BCUT2D eigenvalue weighted by atomic mass is 32.1. The summed E-state index contributed by atoms with van der Waals surface area (Å²) >= 11 is 1.88. The van der Waals surface area contributed by atoms with E-state index in [0.717, 1.165) is 5.69 Å². The highest BCUT2D eigenvalue weighted by Crippen LogP contribution is 2.46. The maximum Gasteiger partial charge on any atom is 0.109 e. The summed E-state index contributed by atoms with van der Waals surface area (Å²) in [6, 6.07) is 68.7. The van der Waals surface area contributed by atoms with E-state index >= 15 is 0 Å². The second-order valence-corrected chi connectivity index (χ2v) is 15.2. The van der Waals surface area contributed by atoms with Crippen LogP contribution >= 0.6 is 11.3 Å². The predicted octanol–water partition coefficient (Wildman–Crippen LogP) is 13.9. The molecule has 0 radical (unpaired) electrons. The molecule has 0 amide bonds. The maximum absolute atomic E-state index is 2.43. The second kappa shape index (κ2) is 11.3. The zero-order valence-corrected chi connectivity index (χ0v) is 30.0. The molecule has 0 fully saturated rings. The molecule has 0 aliphatic carbocycles. The number of fused-ring (bicyclic) bond motifs is 11. The van der Waals surface area contributed by atoms with E-state index in [2.05, 4.69) is 202 Å². The summed E-state index contributed by atoms with van der Waals surface area (Å²) in [4.78, 5) is 1.28. The van der Waals surface area contributed by atoms with Crippen molar-refractivity contribution in [2.45, 2.75) is 0 Å². The van der Waals surface area contributed by atoms with E-state index < -0.39 is 0 Å². The van der Waals surface area contributed by atoms with E-state index in [4.69, 9.17) is 0 Å². The summed E-state index contributed by atoms with van der Waals surface area (Å²) in [6.45, 7) is 0. The summed E-state index contributed by atoms with van der Waals surface area (Å²) in [5, 5.41) is 8.99. The van der Waals surface area contributed by atoms with Crippen LogP contribution < -0.4 is 0 Å². The first-order chi connectivity index (χ1) is 26.8. The van der Waals surface area contributed by atoms with Gasteiger partial charge in [0.1, 0.15) is 4.83 Å². The van der Waals surface area contributed by atoms with Crippen LogP contribution in [-0.2, 0) is 0 Å². The van der Waals surface area contributed by atoms with Gasteiger partial charge in [-0.3, -0.25) is 0 Å². The first-order valence-corrected chi connectivity index (χ1v) is 19.3. The van der Waals surface area contributed by atoms with Crippen LogP contribution in [0.15, 0.2) is 188 Å². The molecule has 4 heteroatoms. The highest BCUT2D eigenvalue weighted by Gasteiger charge is 2.21. The van der Waals surface area contributed by atoms with Crippen molar-refractivity contribution in [3.05, 3.63) is 188 Å². The van der Waals surface area contributed by atoms with Crippen molar-refractivity contribution in [1.82, 2.24) is 13.7 Å². The first-order valence-electron chi connectivity index (χ1n) is 18.4. The Labute approximate surface area is 314 Å². The van der Waals surface area contributed by atoms with E-state index in [0.29, 0.717) is 0 Å². The van der Waals surface area contributed by atoms with Crippen molar-refractivity contribution >= 4 is 86.2 Å². The SMILES string of the molecule is c1ccc(-n2c3ccccc3c3c4c(-c5ccc(-n6c7ccccc7c7cc(-n8c9ccccc9c9ccccc98)ccc76)cc5)cccc4sc32)cc1. The molecule has 12 aromatic rings. The third kappa shape index (κ3) is 4.11. The molecular weight excluding hydrogens is 675 g/mol. The molecule has 8 aromatic carbocycles. The molecule has 54 heavy (non-hydrogen) atoms. The highest BCUT2D eigenvalue weighted by molar-refractivity contribution is 7.26. The monoisotopic (exact) mass is 705 g/mol. The van der Waals surface area contributed by atoms with Crippen molar-refractivity contribution in [2.24, 2.45) is 0 Å². The van der Waals surface area contributed by atoms with Crippen molar-refractivity contribution in [3.8, 4) is 28.2 Å². The van der Waals surface area contributed by atoms with Gasteiger partial charge in [-0.2, -0.15) is 0 Å². The number of aromatic nitrogens is 3. The first kappa shape index (κ1) is 29.7. The predicted molar refractivity (Wildman–Crippen MR) is 230 cm³/mol. The van der Waals surface area contributed by atoms with Crippen LogP contribution in [0.2, 0.25) is 0 Å². The standard InChI is InChI=1S/C50H31N3S/c1-2-13-33(14-3-1)53-45-23-11-7-18-40(45)49-48-36(19-12-24-47(48)54-50(49)53)32-25-27-34(28-26-32)51-44-22-10-6-17-39(44)41-31-35(29-30-46(41)51)52-42-20-8-4-15-37(42)38-16-5-9-21-43(38)52/h1-31H. The Hall–Kier alpha value is -6.88. The van der Waals surface area contributed by atoms with E-state index in [-0.39, 0.29) is 0 Å². The van der Waals surface area contributed by atoms with Crippen LogP contribution in [0.25, 0.3) is 103 Å². The summed E-state index contributed by atoms with van der Waals surface area (Å²) in [7, 11) is 0. The lowest BCUT2D eigenvalue weighted by atomic mass is 9.99. The number of hydrogen-bond acceptors (Lipinski definition) is 1. The molecule has 0 N–H and O–H groups in total. The number of nitrogens with zero attached hydrogens (tertiary/aromatic N) is 3. The molecule has 0 atom stereocenters. The van der Waals surface area contributed by atoms with Crippen molar-refractivity contribution in [2.75, 3.05) is 0 Å². The van der Waals surface area contributed by atoms with Crippen molar-refractivity contribution in [3.63, 3.8) is 0 Å². The fourth-order valence-electron chi connectivity index (χ4n) is 8.98. The van der Waals surface area contributed by atoms with Gasteiger partial charge in [0.15, 0.2) is 0 Å². The fourth-order valence-corrected chi connectivity index (χ4v) is 10.3. The van der Waals surface area contributed by atoms with Crippen LogP contribution in [0.3, 0.4) is 0 Å². The minimum atomic E-state index is 1.15. The Kier molecular flexibility index (Phi) is 6.21. The zero-order valence-electron chi connectivity index (χ0n) is 29.1. The van der Waals surface area contributed by atoms with E-state index in [1.54, 1.807) is 0 Å². The molecule has 252 valence electrons. The summed E-state index contributed by atoms with van der Waals surface area (Å²) < 4.78 is 8.56. The van der Waals surface area contributed by atoms with E-state index in [1.807, 2.05) is 11.3 Å². The average molecular weight is 706 g/mol. The summed E-state index contributed by atoms with van der Waals surface area (Å²) in [6.07, 6.45) is 0. The molecule has 0 saturated heterocycles. The van der Waals surface area contributed by atoms with Crippen LogP contribution in [-0.4, -0.2) is 13.7 Å². The summed E-state index contributed by atoms with van der Waals surface area (Å²) in [5.41, 5.74) is 12.1. The third-order valence-corrected chi connectivity index (χ3v) is 12.4. The second-order valence-electron chi connectivity index (χ2n) is 14.1. The smallest absolute Gasteiger partial charge is 0.109 e. The van der Waals surface area contributed by atoms with Crippen molar-refractivity contribution < 1.29 is 0 Å². The Morgan fingerprint density at radius 3 is 1.48 bits per heavy atom. The Balaban J connectivity index is 1.03. The minimum absolute atomic E-state index is 1.15. The molecular formula is C50H31N3S. The van der Waals surface area contributed by atoms with Crippen LogP contribution in [0.5, 0.6) is 0 Å². The minimum Gasteiger partial charge on any atom is -0.309 e. The van der Waals surface area contributed by atoms with Gasteiger partial charge in [0, 0.05) is 59.5 Å². The topological polar surface area (TPSA) is 14.8 Å². The molecule has 0 aliphatic rings. The summed E-state index contributed by atoms with van der Waals surface area (Å²) in [5.74, 6) is 0. The lowest BCUT2D eigenvalue weighted by Gasteiger charge is -2.11. The van der Waals surface area contributed by atoms with E-state index in [9.17, 15) is 0 Å². The van der Waals surface area contributed by atoms with Gasteiger partial charge in [-0.25, -0.2) is 0 Å². The normalized spacial score (nSPS) is 12.1. The third-order valence-electron chi connectivity index (χ3n) is 11.3. The average Bonchev–Trinajstić information content (AvgIpc) is 3.97. The van der Waals surface area contributed by atoms with Crippen molar-refractivity contribution in [1.29, 1.82) is 0 Å². The van der Waals surface area contributed by atoms with Crippen LogP contribution in [0.4, 0.5) is 0 Å². The lowest BCUT2D eigenvalue weighted by Crippen LogP contribution is -1.96. The zero-order chi connectivity index (χ0) is 35.3. The fraction of sp³-hybridized carbons (Fsp3) is 0. The molecule has 3 nitrogen and oxygen atoms in total. The molecule has 0 unspecified atom stereocenters. The van der Waals surface area contributed by atoms with Gasteiger partial charge >= 0.3 is 0 Å². The largest absolute Gasteiger partial charge is 0.309 e. The maximum atomic E-state index is 2.43. The van der Waals surface area contributed by atoms with Gasteiger partial charge in [0.25, 0.3) is 0 Å². The molecule has 0 spiro atoms. The van der Waals surface area contributed by atoms with Gasteiger partial charge in [0.2, 0.25) is 0 Å². The van der Waals surface area contributed by atoms with Gasteiger partial charge in [-0.1, -0.05) is 115 Å². The van der Waals surface area contributed by atoms with Crippen LogP contribution in [0, 0.1) is 0 Å². The molecule has 4 aromatic heterocycles. The number of hydrogen-bond donors (Lipinski definition) is 0. The quantitative estimate of drug-likeness (QED) is 0.173. The molecule has 0 bridgehead atoms. The number of benzene rings is 8. The molecule has 12 rings (SSSR count). The lowest BCUT2D eigenvalue weighted by molar-refractivity contribution is 1.17. The van der Waals surface area contributed by atoms with Gasteiger partial charge in [-0.05, 0) is 83.9 Å². The molecule has 0 saturated carbocycles. The van der Waals surface area contributed by atoms with E-state index in [1.165, 1.54) is 97.3 Å². The molecule has 0 aliphatic heterocycles.